The molecule has 0 saturated carbocycles. The lowest BCUT2D eigenvalue weighted by atomic mass is 10.2. The predicted molar refractivity (Wildman–Crippen MR) is 72.6 cm³/mol. The standard InChI is InChI=1S/C11H7BrN4S/c12-10-15-16-11(17-10)14-8-5-1-3-7-4-2-6-13-9(7)8/h1-6H,(H,14,16). The van der Waals surface area contributed by atoms with E-state index in [0.29, 0.717) is 0 Å². The molecule has 0 aliphatic rings. The van der Waals surface area contributed by atoms with E-state index < -0.39 is 0 Å². The molecule has 84 valence electrons. The lowest BCUT2D eigenvalue weighted by molar-refractivity contribution is 1.07. The van der Waals surface area contributed by atoms with Gasteiger partial charge in [0, 0.05) is 11.6 Å². The molecular formula is C11H7BrN4S. The Kier molecular flexibility index (Phi) is 2.74. The lowest BCUT2D eigenvalue weighted by Crippen LogP contribution is -1.92. The van der Waals surface area contributed by atoms with Crippen LogP contribution in [0.1, 0.15) is 0 Å². The number of halogens is 1. The minimum atomic E-state index is 0.745. The molecule has 0 bridgehead atoms. The van der Waals surface area contributed by atoms with E-state index in [2.05, 4.69) is 36.4 Å². The van der Waals surface area contributed by atoms with E-state index in [1.54, 1.807) is 6.20 Å². The Hall–Kier alpha value is -1.53. The maximum Gasteiger partial charge on any atom is 0.210 e. The molecule has 0 amide bonds. The minimum Gasteiger partial charge on any atom is -0.328 e. The largest absolute Gasteiger partial charge is 0.328 e. The Balaban J connectivity index is 2.05. The van der Waals surface area contributed by atoms with Crippen LogP contribution in [0.4, 0.5) is 10.8 Å². The molecule has 2 heterocycles. The molecule has 0 fully saturated rings. The van der Waals surface area contributed by atoms with Crippen molar-refractivity contribution in [2.24, 2.45) is 0 Å². The smallest absolute Gasteiger partial charge is 0.210 e. The van der Waals surface area contributed by atoms with Gasteiger partial charge >= 0.3 is 0 Å². The van der Waals surface area contributed by atoms with Gasteiger partial charge in [0.25, 0.3) is 0 Å². The first-order valence-electron chi connectivity index (χ1n) is 4.93. The molecule has 0 aliphatic heterocycles. The molecule has 0 unspecified atom stereocenters. The van der Waals surface area contributed by atoms with Crippen LogP contribution in [0, 0.1) is 0 Å². The van der Waals surface area contributed by atoms with Gasteiger partial charge in [-0.05, 0) is 28.1 Å². The lowest BCUT2D eigenvalue weighted by Gasteiger charge is -2.05. The topological polar surface area (TPSA) is 50.7 Å². The fourth-order valence-electron chi connectivity index (χ4n) is 1.58. The molecule has 1 N–H and O–H groups in total. The molecule has 0 spiro atoms. The number of nitrogens with one attached hydrogen (secondary N) is 1. The van der Waals surface area contributed by atoms with Crippen molar-refractivity contribution in [1.29, 1.82) is 0 Å². The molecule has 3 aromatic rings. The van der Waals surface area contributed by atoms with E-state index >= 15 is 0 Å². The molecule has 6 heteroatoms. The number of benzene rings is 1. The predicted octanol–water partition coefficient (Wildman–Crippen LogP) is 3.59. The van der Waals surface area contributed by atoms with E-state index in [4.69, 9.17) is 0 Å². The summed E-state index contributed by atoms with van der Waals surface area (Å²) in [5.41, 5.74) is 1.87. The first-order chi connectivity index (χ1) is 8.33. The average Bonchev–Trinajstić information content (AvgIpc) is 2.75. The molecule has 0 radical (unpaired) electrons. The molecule has 17 heavy (non-hydrogen) atoms. The Labute approximate surface area is 110 Å². The number of hydrogen-bond donors (Lipinski definition) is 1. The van der Waals surface area contributed by atoms with Gasteiger partial charge in [-0.15, -0.1) is 10.2 Å². The number of hydrogen-bond acceptors (Lipinski definition) is 5. The molecule has 0 saturated heterocycles. The summed E-state index contributed by atoms with van der Waals surface area (Å²) < 4.78 is 0.758. The van der Waals surface area contributed by atoms with Crippen LogP contribution in [0.15, 0.2) is 40.4 Å². The van der Waals surface area contributed by atoms with Crippen molar-refractivity contribution in [3.05, 3.63) is 40.4 Å². The number of nitrogens with zero attached hydrogens (tertiary/aromatic N) is 3. The highest BCUT2D eigenvalue weighted by atomic mass is 79.9. The quantitative estimate of drug-likeness (QED) is 0.786. The van der Waals surface area contributed by atoms with Crippen LogP contribution >= 0.6 is 27.3 Å². The molecule has 3 rings (SSSR count). The van der Waals surface area contributed by atoms with Gasteiger partial charge < -0.3 is 5.32 Å². The Morgan fingerprint density at radius 3 is 2.82 bits per heavy atom. The molecule has 4 nitrogen and oxygen atoms in total. The van der Waals surface area contributed by atoms with Gasteiger partial charge in [0.05, 0.1) is 11.2 Å². The van der Waals surface area contributed by atoms with Crippen LogP contribution in [-0.2, 0) is 0 Å². The molecule has 0 aliphatic carbocycles. The second-order valence-corrected chi connectivity index (χ2v) is 5.62. The number of anilines is 2. The van der Waals surface area contributed by atoms with Crippen LogP contribution in [0.5, 0.6) is 0 Å². The van der Waals surface area contributed by atoms with Gasteiger partial charge in [-0.3, -0.25) is 4.98 Å². The minimum absolute atomic E-state index is 0.745. The van der Waals surface area contributed by atoms with E-state index in [0.717, 1.165) is 25.6 Å². The molecule has 1 aromatic carbocycles. The normalized spacial score (nSPS) is 10.6. The monoisotopic (exact) mass is 306 g/mol. The first-order valence-corrected chi connectivity index (χ1v) is 6.54. The summed E-state index contributed by atoms with van der Waals surface area (Å²) in [6, 6.07) is 9.95. The van der Waals surface area contributed by atoms with Gasteiger partial charge in [0.2, 0.25) is 5.13 Å². The average molecular weight is 307 g/mol. The third-order valence-electron chi connectivity index (χ3n) is 2.27. The summed E-state index contributed by atoms with van der Waals surface area (Å²) in [6.45, 7) is 0. The molecule has 0 atom stereocenters. The summed E-state index contributed by atoms with van der Waals surface area (Å²) in [7, 11) is 0. The number of rotatable bonds is 2. The SMILES string of the molecule is Brc1nnc(Nc2cccc3cccnc23)s1. The number of fused-ring (bicyclic) bond motifs is 1. The second-order valence-electron chi connectivity index (χ2n) is 3.37. The number of para-hydroxylation sites is 1. The van der Waals surface area contributed by atoms with Crippen LogP contribution in [0.25, 0.3) is 10.9 Å². The summed E-state index contributed by atoms with van der Waals surface area (Å²) in [4.78, 5) is 4.37. The zero-order valence-corrected chi connectivity index (χ0v) is 11.0. The fourth-order valence-corrected chi connectivity index (χ4v) is 2.60. The van der Waals surface area contributed by atoms with Crippen molar-refractivity contribution in [3.8, 4) is 0 Å². The third kappa shape index (κ3) is 2.13. The van der Waals surface area contributed by atoms with E-state index in [1.165, 1.54) is 11.3 Å². The number of pyridine rings is 1. The maximum absolute atomic E-state index is 4.37. The summed E-state index contributed by atoms with van der Waals surface area (Å²) in [5.74, 6) is 0. The van der Waals surface area contributed by atoms with Crippen LogP contribution in [0.3, 0.4) is 0 Å². The van der Waals surface area contributed by atoms with Crippen molar-refractivity contribution < 1.29 is 0 Å². The first kappa shape index (κ1) is 10.6. The summed E-state index contributed by atoms with van der Waals surface area (Å²) in [5, 5.41) is 13.0. The zero-order chi connectivity index (χ0) is 11.7. The highest BCUT2D eigenvalue weighted by molar-refractivity contribution is 9.11. The van der Waals surface area contributed by atoms with Crippen LogP contribution < -0.4 is 5.32 Å². The van der Waals surface area contributed by atoms with Gasteiger partial charge in [-0.1, -0.05) is 29.5 Å². The van der Waals surface area contributed by atoms with Crippen molar-refractivity contribution in [3.63, 3.8) is 0 Å². The molecule has 2 aromatic heterocycles. The van der Waals surface area contributed by atoms with E-state index in [-0.39, 0.29) is 0 Å². The van der Waals surface area contributed by atoms with E-state index in [1.807, 2.05) is 30.3 Å². The van der Waals surface area contributed by atoms with Gasteiger partial charge in [-0.2, -0.15) is 0 Å². The zero-order valence-electron chi connectivity index (χ0n) is 8.59. The Morgan fingerprint density at radius 1 is 1.12 bits per heavy atom. The fraction of sp³-hybridized carbons (Fsp3) is 0. The second kappa shape index (κ2) is 4.38. The van der Waals surface area contributed by atoms with Crippen LogP contribution in [-0.4, -0.2) is 15.2 Å². The highest BCUT2D eigenvalue weighted by Crippen LogP contribution is 2.27. The van der Waals surface area contributed by atoms with Crippen LogP contribution in [0.2, 0.25) is 0 Å². The van der Waals surface area contributed by atoms with E-state index in [9.17, 15) is 0 Å². The third-order valence-corrected chi connectivity index (χ3v) is 3.55. The Morgan fingerprint density at radius 2 is 2.00 bits per heavy atom. The Bertz CT molecular complexity index is 662. The summed E-state index contributed by atoms with van der Waals surface area (Å²) in [6.07, 6.45) is 1.78. The summed E-state index contributed by atoms with van der Waals surface area (Å²) >= 11 is 4.73. The number of aromatic nitrogens is 3. The molecular weight excluding hydrogens is 300 g/mol. The van der Waals surface area contributed by atoms with Gasteiger partial charge in [0.15, 0.2) is 3.92 Å². The van der Waals surface area contributed by atoms with Gasteiger partial charge in [0.1, 0.15) is 0 Å². The van der Waals surface area contributed by atoms with Crippen molar-refractivity contribution in [1.82, 2.24) is 15.2 Å². The van der Waals surface area contributed by atoms with Crippen molar-refractivity contribution >= 4 is 49.0 Å². The van der Waals surface area contributed by atoms with Gasteiger partial charge in [-0.25, -0.2) is 0 Å². The van der Waals surface area contributed by atoms with Crippen molar-refractivity contribution in [2.45, 2.75) is 0 Å². The highest BCUT2D eigenvalue weighted by Gasteiger charge is 2.05. The maximum atomic E-state index is 4.37. The van der Waals surface area contributed by atoms with Crippen molar-refractivity contribution in [2.75, 3.05) is 5.32 Å².